The van der Waals surface area contributed by atoms with Crippen LogP contribution in [-0.2, 0) is 4.79 Å². The Labute approximate surface area is 152 Å². The number of aromatic nitrogens is 4. The number of amides is 1. The second kappa shape index (κ2) is 7.99. The standard InChI is InChI=1S/C18H25N5OS/c1-12-8-7-11-16(13(12)2)23-18(20-21-22-23)25-14(3)17(24)19-15-9-5-4-6-10-15/h7-8,11,14-15H,4-6,9-10H2,1-3H3,(H,19,24). The van der Waals surface area contributed by atoms with Crippen LogP contribution in [0, 0.1) is 13.8 Å². The zero-order valence-electron chi connectivity index (χ0n) is 15.0. The normalized spacial score (nSPS) is 16.6. The molecule has 0 aliphatic heterocycles. The number of nitrogens with one attached hydrogen (secondary N) is 1. The van der Waals surface area contributed by atoms with Crippen LogP contribution in [0.2, 0.25) is 0 Å². The van der Waals surface area contributed by atoms with E-state index in [4.69, 9.17) is 0 Å². The fourth-order valence-corrected chi connectivity index (χ4v) is 3.96. The molecule has 0 radical (unpaired) electrons. The van der Waals surface area contributed by atoms with Gasteiger partial charge in [0.1, 0.15) is 0 Å². The van der Waals surface area contributed by atoms with Crippen LogP contribution in [0.4, 0.5) is 0 Å². The van der Waals surface area contributed by atoms with Crippen LogP contribution in [0.15, 0.2) is 23.4 Å². The maximum Gasteiger partial charge on any atom is 0.233 e. The van der Waals surface area contributed by atoms with Gasteiger partial charge in [-0.05, 0) is 61.2 Å². The first kappa shape index (κ1) is 17.9. The van der Waals surface area contributed by atoms with Crippen molar-refractivity contribution >= 4 is 17.7 Å². The van der Waals surface area contributed by atoms with Gasteiger partial charge in [0.2, 0.25) is 11.1 Å². The highest BCUT2D eigenvalue weighted by Gasteiger charge is 2.23. The molecule has 1 aliphatic carbocycles. The van der Waals surface area contributed by atoms with Gasteiger partial charge in [-0.15, -0.1) is 5.10 Å². The first-order valence-corrected chi connectivity index (χ1v) is 9.76. The van der Waals surface area contributed by atoms with Crippen molar-refractivity contribution < 1.29 is 4.79 Å². The minimum Gasteiger partial charge on any atom is -0.352 e. The molecule has 1 aromatic heterocycles. The van der Waals surface area contributed by atoms with Crippen LogP contribution in [-0.4, -0.2) is 37.4 Å². The smallest absolute Gasteiger partial charge is 0.233 e. The molecule has 1 unspecified atom stereocenters. The number of nitrogens with zero attached hydrogens (tertiary/aromatic N) is 4. The lowest BCUT2D eigenvalue weighted by molar-refractivity contribution is -0.121. The molecule has 1 N–H and O–H groups in total. The number of thioether (sulfide) groups is 1. The highest BCUT2D eigenvalue weighted by Crippen LogP contribution is 2.26. The van der Waals surface area contributed by atoms with Crippen LogP contribution in [0.25, 0.3) is 5.69 Å². The number of carbonyl (C=O) groups excluding carboxylic acids is 1. The van der Waals surface area contributed by atoms with Crippen molar-refractivity contribution in [1.82, 2.24) is 25.5 Å². The van der Waals surface area contributed by atoms with Gasteiger partial charge in [-0.1, -0.05) is 43.2 Å². The average molecular weight is 359 g/mol. The molecule has 0 bridgehead atoms. The van der Waals surface area contributed by atoms with Crippen LogP contribution in [0.1, 0.15) is 50.2 Å². The summed E-state index contributed by atoms with van der Waals surface area (Å²) in [5.74, 6) is 0.0624. The predicted octanol–water partition coefficient (Wildman–Crippen LogP) is 3.21. The lowest BCUT2D eigenvalue weighted by Gasteiger charge is -2.24. The van der Waals surface area contributed by atoms with Crippen molar-refractivity contribution in [3.05, 3.63) is 29.3 Å². The lowest BCUT2D eigenvalue weighted by Crippen LogP contribution is -2.40. The summed E-state index contributed by atoms with van der Waals surface area (Å²) >= 11 is 1.40. The molecule has 1 saturated carbocycles. The zero-order valence-corrected chi connectivity index (χ0v) is 15.8. The molecule has 25 heavy (non-hydrogen) atoms. The molecular weight excluding hydrogens is 334 g/mol. The van der Waals surface area contributed by atoms with E-state index >= 15 is 0 Å². The third kappa shape index (κ3) is 4.21. The molecule has 1 heterocycles. The van der Waals surface area contributed by atoms with E-state index in [1.165, 1.54) is 36.6 Å². The average Bonchev–Trinajstić information content (AvgIpc) is 3.06. The van der Waals surface area contributed by atoms with Gasteiger partial charge < -0.3 is 5.32 Å². The molecule has 134 valence electrons. The Bertz CT molecular complexity index is 739. The van der Waals surface area contributed by atoms with Crippen molar-refractivity contribution in [3.8, 4) is 5.69 Å². The fourth-order valence-electron chi connectivity index (χ4n) is 3.15. The molecular formula is C18H25N5OS. The molecule has 0 spiro atoms. The maximum atomic E-state index is 12.5. The van der Waals surface area contributed by atoms with Crippen LogP contribution >= 0.6 is 11.8 Å². The Morgan fingerprint density at radius 1 is 1.28 bits per heavy atom. The Morgan fingerprint density at radius 3 is 2.80 bits per heavy atom. The van der Waals surface area contributed by atoms with E-state index in [1.807, 2.05) is 19.1 Å². The molecule has 1 aromatic carbocycles. The predicted molar refractivity (Wildman–Crippen MR) is 99.0 cm³/mol. The van der Waals surface area contributed by atoms with Gasteiger partial charge in [0.25, 0.3) is 0 Å². The van der Waals surface area contributed by atoms with Crippen molar-refractivity contribution in [3.63, 3.8) is 0 Å². The summed E-state index contributed by atoms with van der Waals surface area (Å²) < 4.78 is 1.72. The molecule has 1 fully saturated rings. The minimum absolute atomic E-state index is 0.0624. The zero-order chi connectivity index (χ0) is 17.8. The lowest BCUT2D eigenvalue weighted by atomic mass is 9.95. The maximum absolute atomic E-state index is 12.5. The monoisotopic (exact) mass is 359 g/mol. The molecule has 1 amide bonds. The number of rotatable bonds is 5. The number of tetrazole rings is 1. The van der Waals surface area contributed by atoms with Crippen molar-refractivity contribution in [2.24, 2.45) is 0 Å². The van der Waals surface area contributed by atoms with E-state index in [0.29, 0.717) is 11.2 Å². The molecule has 7 heteroatoms. The van der Waals surface area contributed by atoms with Crippen LogP contribution < -0.4 is 5.32 Å². The second-order valence-electron chi connectivity index (χ2n) is 6.70. The third-order valence-electron chi connectivity index (χ3n) is 4.85. The summed E-state index contributed by atoms with van der Waals surface area (Å²) in [7, 11) is 0. The first-order chi connectivity index (χ1) is 12.1. The molecule has 3 rings (SSSR count). The van der Waals surface area contributed by atoms with Crippen molar-refractivity contribution in [1.29, 1.82) is 0 Å². The largest absolute Gasteiger partial charge is 0.352 e. The molecule has 1 atom stereocenters. The summed E-state index contributed by atoms with van der Waals surface area (Å²) in [6, 6.07) is 6.37. The third-order valence-corrected chi connectivity index (χ3v) is 5.88. The summed E-state index contributed by atoms with van der Waals surface area (Å²) in [6.07, 6.45) is 5.86. The van der Waals surface area contributed by atoms with Gasteiger partial charge in [0, 0.05) is 6.04 Å². The number of aryl methyl sites for hydroxylation is 1. The van der Waals surface area contributed by atoms with E-state index in [9.17, 15) is 4.79 Å². The van der Waals surface area contributed by atoms with Crippen molar-refractivity contribution in [2.45, 2.75) is 69.3 Å². The molecule has 1 aliphatic rings. The SMILES string of the molecule is Cc1cccc(-n2nnnc2SC(C)C(=O)NC2CCCCC2)c1C. The number of hydrogen-bond acceptors (Lipinski definition) is 5. The topological polar surface area (TPSA) is 72.7 Å². The Hall–Kier alpha value is -1.89. The number of benzene rings is 1. The molecule has 0 saturated heterocycles. The summed E-state index contributed by atoms with van der Waals surface area (Å²) in [5.41, 5.74) is 3.27. The quantitative estimate of drug-likeness (QED) is 0.830. The Balaban J connectivity index is 1.70. The van der Waals surface area contributed by atoms with E-state index in [1.54, 1.807) is 4.68 Å². The molecule has 2 aromatic rings. The van der Waals surface area contributed by atoms with E-state index in [2.05, 4.69) is 40.8 Å². The number of hydrogen-bond donors (Lipinski definition) is 1. The van der Waals surface area contributed by atoms with Crippen LogP contribution in [0.5, 0.6) is 0 Å². The minimum atomic E-state index is -0.239. The van der Waals surface area contributed by atoms with E-state index < -0.39 is 0 Å². The van der Waals surface area contributed by atoms with Gasteiger partial charge in [-0.25, -0.2) is 0 Å². The van der Waals surface area contributed by atoms with Gasteiger partial charge >= 0.3 is 0 Å². The highest BCUT2D eigenvalue weighted by atomic mass is 32.2. The van der Waals surface area contributed by atoms with Gasteiger partial charge in [-0.3, -0.25) is 4.79 Å². The summed E-state index contributed by atoms with van der Waals surface area (Å²) in [4.78, 5) is 12.5. The van der Waals surface area contributed by atoms with E-state index in [-0.39, 0.29) is 11.2 Å². The van der Waals surface area contributed by atoms with Crippen molar-refractivity contribution in [2.75, 3.05) is 0 Å². The first-order valence-electron chi connectivity index (χ1n) is 8.88. The Morgan fingerprint density at radius 2 is 2.04 bits per heavy atom. The van der Waals surface area contributed by atoms with Crippen LogP contribution in [0.3, 0.4) is 0 Å². The number of carbonyl (C=O) groups is 1. The Kier molecular flexibility index (Phi) is 5.73. The fraction of sp³-hybridized carbons (Fsp3) is 0.556. The highest BCUT2D eigenvalue weighted by molar-refractivity contribution is 8.00. The molecule has 6 nitrogen and oxygen atoms in total. The second-order valence-corrected chi connectivity index (χ2v) is 8.00. The van der Waals surface area contributed by atoms with Gasteiger partial charge in [0.15, 0.2) is 0 Å². The van der Waals surface area contributed by atoms with Gasteiger partial charge in [-0.2, -0.15) is 4.68 Å². The van der Waals surface area contributed by atoms with Gasteiger partial charge in [0.05, 0.1) is 10.9 Å². The summed E-state index contributed by atoms with van der Waals surface area (Å²) in [6.45, 7) is 6.03. The van der Waals surface area contributed by atoms with E-state index in [0.717, 1.165) is 24.1 Å². The summed E-state index contributed by atoms with van der Waals surface area (Å²) in [5, 5.41) is 15.6.